The van der Waals surface area contributed by atoms with Crippen LogP contribution >= 0.6 is 11.8 Å². The second kappa shape index (κ2) is 10.5. The van der Waals surface area contributed by atoms with Gasteiger partial charge in [0.1, 0.15) is 5.82 Å². The highest BCUT2D eigenvalue weighted by atomic mass is 32.2. The average molecular weight is 484 g/mol. The molecule has 0 saturated heterocycles. The predicted octanol–water partition coefficient (Wildman–Crippen LogP) is 4.74. The molecular weight excluding hydrogens is 458 g/mol. The van der Waals surface area contributed by atoms with Crippen LogP contribution in [0.15, 0.2) is 70.7 Å². The Balaban J connectivity index is 1.72. The number of hydrogen-bond acceptors (Lipinski definition) is 6. The van der Waals surface area contributed by atoms with Gasteiger partial charge in [0.2, 0.25) is 5.91 Å². The minimum absolute atomic E-state index is 0.0507. The summed E-state index contributed by atoms with van der Waals surface area (Å²) < 4.78 is 1.48. The van der Waals surface area contributed by atoms with Crippen LogP contribution in [0.25, 0.3) is 16.7 Å². The van der Waals surface area contributed by atoms with Gasteiger partial charge < -0.3 is 4.90 Å². The highest BCUT2D eigenvalue weighted by molar-refractivity contribution is 7.99. The van der Waals surface area contributed by atoms with Gasteiger partial charge in [0.15, 0.2) is 5.16 Å². The summed E-state index contributed by atoms with van der Waals surface area (Å²) in [6, 6.07) is 18.9. The zero-order chi connectivity index (χ0) is 24.9. The van der Waals surface area contributed by atoms with E-state index in [0.29, 0.717) is 21.9 Å². The van der Waals surface area contributed by atoms with E-state index in [1.54, 1.807) is 29.3 Å². The van der Waals surface area contributed by atoms with Crippen molar-refractivity contribution in [2.45, 2.75) is 32.3 Å². The maximum Gasteiger partial charge on any atom is 0.267 e. The number of nitrogens with zero attached hydrogens (tertiary/aromatic N) is 5. The first-order valence-electron chi connectivity index (χ1n) is 11.2. The van der Waals surface area contributed by atoms with E-state index in [9.17, 15) is 9.59 Å². The van der Waals surface area contributed by atoms with Crippen molar-refractivity contribution >= 4 is 34.3 Å². The minimum Gasteiger partial charge on any atom is -0.311 e. The number of aromatic nitrogens is 3. The van der Waals surface area contributed by atoms with Gasteiger partial charge in [-0.05, 0) is 67.8 Å². The molecule has 0 unspecified atom stereocenters. The van der Waals surface area contributed by atoms with Crippen LogP contribution in [0, 0.1) is 32.1 Å². The number of thioether (sulfide) groups is 1. The van der Waals surface area contributed by atoms with Gasteiger partial charge in [-0.25, -0.2) is 14.5 Å². The molecule has 0 radical (unpaired) electrons. The normalized spacial score (nSPS) is 10.8. The summed E-state index contributed by atoms with van der Waals surface area (Å²) in [5.74, 6) is 0.373. The molecule has 176 valence electrons. The Bertz CT molecular complexity index is 1490. The largest absolute Gasteiger partial charge is 0.311 e. The summed E-state index contributed by atoms with van der Waals surface area (Å²) in [4.78, 5) is 37.6. The number of pyridine rings is 1. The van der Waals surface area contributed by atoms with Gasteiger partial charge in [0, 0.05) is 18.4 Å². The molecule has 8 heteroatoms. The number of aryl methyl sites for hydroxylation is 3. The molecule has 1 amide bonds. The second-order valence-electron chi connectivity index (χ2n) is 8.28. The lowest BCUT2D eigenvalue weighted by atomic mass is 10.1. The van der Waals surface area contributed by atoms with Crippen LogP contribution in [0.1, 0.15) is 23.1 Å². The second-order valence-corrected chi connectivity index (χ2v) is 9.23. The molecule has 7 nitrogen and oxygen atoms in total. The number of hydrogen-bond donors (Lipinski definition) is 0. The standard InChI is InChI=1S/C27H25N5O2S/c1-18-14-19(2)16-21(15-18)31(13-7-11-28)24(33)17-35-27-30-23-10-5-4-9-22(23)26(34)32(27)25-20(3)8-6-12-29-25/h4-6,8-10,12,14-16H,7,13,17H2,1-3H3. The van der Waals surface area contributed by atoms with Crippen LogP contribution in [0.5, 0.6) is 0 Å². The number of fused-ring (bicyclic) bond motifs is 1. The van der Waals surface area contributed by atoms with Crippen molar-refractivity contribution in [1.29, 1.82) is 5.26 Å². The van der Waals surface area contributed by atoms with Crippen LogP contribution in [0.4, 0.5) is 5.69 Å². The number of benzene rings is 2. The lowest BCUT2D eigenvalue weighted by Gasteiger charge is -2.23. The predicted molar refractivity (Wildman–Crippen MR) is 139 cm³/mol. The molecule has 35 heavy (non-hydrogen) atoms. The number of carbonyl (C=O) groups excluding carboxylic acids is 1. The molecule has 0 aliphatic carbocycles. The summed E-state index contributed by atoms with van der Waals surface area (Å²) in [5.41, 5.74) is 3.99. The van der Waals surface area contributed by atoms with Gasteiger partial charge >= 0.3 is 0 Å². The Morgan fingerprint density at radius 3 is 2.54 bits per heavy atom. The van der Waals surface area contributed by atoms with Crippen LogP contribution in [0.3, 0.4) is 0 Å². The molecule has 0 atom stereocenters. The lowest BCUT2D eigenvalue weighted by Crippen LogP contribution is -2.33. The number of para-hydroxylation sites is 1. The van der Waals surface area contributed by atoms with Crippen LogP contribution in [0.2, 0.25) is 0 Å². The third kappa shape index (κ3) is 5.26. The van der Waals surface area contributed by atoms with Crippen LogP contribution < -0.4 is 10.5 Å². The zero-order valence-corrected chi connectivity index (χ0v) is 20.7. The summed E-state index contributed by atoms with van der Waals surface area (Å²) in [6.45, 7) is 6.12. The molecule has 0 saturated carbocycles. The Morgan fingerprint density at radius 1 is 1.09 bits per heavy atom. The van der Waals surface area contributed by atoms with Crippen molar-refractivity contribution in [1.82, 2.24) is 14.5 Å². The van der Waals surface area contributed by atoms with Crippen LogP contribution in [-0.4, -0.2) is 32.7 Å². The number of carbonyl (C=O) groups is 1. The van der Waals surface area contributed by atoms with Crippen molar-refractivity contribution in [3.8, 4) is 11.9 Å². The molecule has 2 heterocycles. The number of nitriles is 1. The van der Waals surface area contributed by atoms with Crippen molar-refractivity contribution in [3.05, 3.63) is 87.8 Å². The maximum atomic E-state index is 13.5. The van der Waals surface area contributed by atoms with E-state index in [-0.39, 0.29) is 30.2 Å². The molecule has 0 N–H and O–H groups in total. The topological polar surface area (TPSA) is 91.9 Å². The summed E-state index contributed by atoms with van der Waals surface area (Å²) in [6.07, 6.45) is 1.85. The first kappa shape index (κ1) is 24.2. The van der Waals surface area contributed by atoms with Gasteiger partial charge in [-0.15, -0.1) is 0 Å². The van der Waals surface area contributed by atoms with E-state index in [1.165, 1.54) is 16.3 Å². The molecule has 4 rings (SSSR count). The first-order chi connectivity index (χ1) is 16.9. The Morgan fingerprint density at radius 2 is 1.83 bits per heavy atom. The fourth-order valence-corrected chi connectivity index (χ4v) is 4.85. The molecule has 2 aromatic heterocycles. The molecule has 0 fully saturated rings. The fourth-order valence-electron chi connectivity index (χ4n) is 3.98. The Labute approximate surface area is 208 Å². The SMILES string of the molecule is Cc1cc(C)cc(N(CCC#N)C(=O)CSc2nc3ccccc3c(=O)n2-c2ncccc2C)c1. The first-order valence-corrected chi connectivity index (χ1v) is 12.2. The van der Waals surface area contributed by atoms with E-state index in [0.717, 1.165) is 22.4 Å². The van der Waals surface area contributed by atoms with Gasteiger partial charge in [0.05, 0.1) is 29.1 Å². The van der Waals surface area contributed by atoms with Gasteiger partial charge in [0.25, 0.3) is 5.56 Å². The van der Waals surface area contributed by atoms with E-state index >= 15 is 0 Å². The van der Waals surface area contributed by atoms with Gasteiger partial charge in [-0.2, -0.15) is 5.26 Å². The quantitative estimate of drug-likeness (QED) is 0.278. The third-order valence-electron chi connectivity index (χ3n) is 5.53. The molecule has 0 aliphatic rings. The molecule has 0 aliphatic heterocycles. The van der Waals surface area contributed by atoms with Crippen molar-refractivity contribution in [2.75, 3.05) is 17.2 Å². The van der Waals surface area contributed by atoms with Gasteiger partial charge in [-0.3, -0.25) is 9.59 Å². The average Bonchev–Trinajstić information content (AvgIpc) is 2.83. The molecule has 0 bridgehead atoms. The number of amides is 1. The lowest BCUT2D eigenvalue weighted by molar-refractivity contribution is -0.116. The van der Waals surface area contributed by atoms with E-state index < -0.39 is 0 Å². The smallest absolute Gasteiger partial charge is 0.267 e. The number of rotatable bonds is 7. The fraction of sp³-hybridized carbons (Fsp3) is 0.222. The monoisotopic (exact) mass is 483 g/mol. The van der Waals surface area contributed by atoms with Crippen molar-refractivity contribution < 1.29 is 4.79 Å². The van der Waals surface area contributed by atoms with E-state index in [4.69, 9.17) is 10.2 Å². The summed E-state index contributed by atoms with van der Waals surface area (Å²) >= 11 is 1.19. The van der Waals surface area contributed by atoms with E-state index in [2.05, 4.69) is 11.1 Å². The molecular formula is C27H25N5O2S. The van der Waals surface area contributed by atoms with Gasteiger partial charge in [-0.1, -0.05) is 36.0 Å². The molecule has 4 aromatic rings. The van der Waals surface area contributed by atoms with Crippen molar-refractivity contribution in [3.63, 3.8) is 0 Å². The molecule has 0 spiro atoms. The molecule has 2 aromatic carbocycles. The van der Waals surface area contributed by atoms with Crippen LogP contribution in [-0.2, 0) is 4.79 Å². The minimum atomic E-state index is -0.233. The maximum absolute atomic E-state index is 13.5. The highest BCUT2D eigenvalue weighted by Crippen LogP contribution is 2.25. The summed E-state index contributed by atoms with van der Waals surface area (Å²) in [7, 11) is 0. The Hall–Kier alpha value is -3.96. The zero-order valence-electron chi connectivity index (χ0n) is 19.9. The third-order valence-corrected chi connectivity index (χ3v) is 6.45. The summed E-state index contributed by atoms with van der Waals surface area (Å²) in [5, 5.41) is 10.0. The highest BCUT2D eigenvalue weighted by Gasteiger charge is 2.20. The van der Waals surface area contributed by atoms with E-state index in [1.807, 2.05) is 57.2 Å². The van der Waals surface area contributed by atoms with Crippen molar-refractivity contribution in [2.24, 2.45) is 0 Å². The Kier molecular flexibility index (Phi) is 7.28. The number of anilines is 1.